The molecule has 0 heterocycles. The van der Waals surface area contributed by atoms with Crippen LogP contribution in [0.2, 0.25) is 0 Å². The van der Waals surface area contributed by atoms with Crippen molar-refractivity contribution in [2.24, 2.45) is 0 Å². The Hall–Kier alpha value is -5.46. The van der Waals surface area contributed by atoms with Gasteiger partial charge in [0, 0.05) is 0 Å². The lowest BCUT2D eigenvalue weighted by Crippen LogP contribution is -1.92. The average molecular weight is 557 g/mol. The highest BCUT2D eigenvalue weighted by Gasteiger charge is 2.19. The second kappa shape index (κ2) is 9.03. The van der Waals surface area contributed by atoms with Crippen LogP contribution in [0.1, 0.15) is 35.6 Å². The molecule has 0 spiro atoms. The summed E-state index contributed by atoms with van der Waals surface area (Å²) >= 11 is 0. The van der Waals surface area contributed by atoms with Crippen molar-refractivity contribution in [3.8, 4) is 22.3 Å². The van der Waals surface area contributed by atoms with Crippen molar-refractivity contribution in [1.82, 2.24) is 0 Å². The van der Waals surface area contributed by atoms with Crippen LogP contribution in [0.4, 0.5) is 0 Å². The van der Waals surface area contributed by atoms with Gasteiger partial charge in [0.15, 0.2) is 0 Å². The highest BCUT2D eigenvalue weighted by Crippen LogP contribution is 2.47. The third-order valence-electron chi connectivity index (χ3n) is 7.06. The Balaban J connectivity index is 1.71. The zero-order valence-corrected chi connectivity index (χ0v) is 21.0. The van der Waals surface area contributed by atoms with Gasteiger partial charge in [0.1, 0.15) is 0 Å². The average Bonchev–Trinajstić information content (AvgIpc) is 3.31. The molecule has 0 unspecified atom stereocenters. The molecule has 0 saturated heterocycles. The van der Waals surface area contributed by atoms with Gasteiger partial charge in [-0.25, -0.2) is 0 Å². The van der Waals surface area contributed by atoms with Gasteiger partial charge in [-0.3, -0.25) is 0 Å². The lowest BCUT2D eigenvalue weighted by molar-refractivity contribution is 1.69. The molecule has 0 saturated carbocycles. The SMILES string of the molecule is [2H]c1c([2H])c([2H])c2c(-c3c([2H])c4c([2H])c([2H])c([2H])c([2H])c4c4c([2H])c([2H])c([2H])c([2H])c34)c3c([2H])c([2H])c([2H])c([2H])c3c(-c3c([2H])c([2H])c4c([2H])c([2H])c5c([2H])c([2H])c([2H])c([2H])c5c4c3[2H])c2c1[2H]. The molecule has 194 valence electrons. The molecule has 42 heavy (non-hydrogen) atoms. The van der Waals surface area contributed by atoms with E-state index in [0.717, 1.165) is 0 Å². The molecule has 0 amide bonds. The van der Waals surface area contributed by atoms with Crippen LogP contribution in [0, 0.1) is 0 Å². The monoisotopic (exact) mass is 556 g/mol. The molecule has 0 N–H and O–H groups in total. The maximum absolute atomic E-state index is 9.80. The second-order valence-corrected chi connectivity index (χ2v) is 9.25. The van der Waals surface area contributed by atoms with Crippen LogP contribution >= 0.6 is 0 Å². The van der Waals surface area contributed by atoms with Crippen molar-refractivity contribution in [3.63, 3.8) is 0 Å². The number of hydrogen-bond donors (Lipinski definition) is 0. The van der Waals surface area contributed by atoms with E-state index in [4.69, 9.17) is 23.3 Å². The van der Waals surface area contributed by atoms with Crippen LogP contribution in [0.5, 0.6) is 0 Å². The van der Waals surface area contributed by atoms with Crippen molar-refractivity contribution in [3.05, 3.63) is 157 Å². The predicted octanol–water partition coefficient (Wildman–Crippen LogP) is 11.9. The Morgan fingerprint density at radius 2 is 0.714 bits per heavy atom. The van der Waals surface area contributed by atoms with Crippen molar-refractivity contribution >= 4 is 64.6 Å². The summed E-state index contributed by atoms with van der Waals surface area (Å²) in [6.07, 6.45) is 0. The summed E-state index contributed by atoms with van der Waals surface area (Å²) in [4.78, 5) is 0. The van der Waals surface area contributed by atoms with E-state index in [1.165, 1.54) is 0 Å². The minimum Gasteiger partial charge on any atom is -0.0616 e. The predicted molar refractivity (Wildman–Crippen MR) is 182 cm³/mol. The first-order chi connectivity index (χ1) is 31.7. The lowest BCUT2D eigenvalue weighted by Gasteiger charge is -2.20. The molecule has 0 nitrogen and oxygen atoms in total. The number of fused-ring (bicyclic) bond motifs is 8. The van der Waals surface area contributed by atoms with Crippen LogP contribution in [-0.2, 0) is 0 Å². The van der Waals surface area contributed by atoms with Crippen LogP contribution < -0.4 is 0 Å². The van der Waals surface area contributed by atoms with E-state index < -0.39 is 244 Å². The van der Waals surface area contributed by atoms with Gasteiger partial charge < -0.3 is 0 Å². The summed E-state index contributed by atoms with van der Waals surface area (Å²) in [6.45, 7) is 0. The van der Waals surface area contributed by atoms with E-state index in [-0.39, 0.29) is 0 Å². The Bertz CT molecular complexity index is 3890. The van der Waals surface area contributed by atoms with E-state index in [1.54, 1.807) is 0 Å². The fourth-order valence-corrected chi connectivity index (χ4v) is 5.31. The Kier molecular flexibility index (Phi) is 1.99. The minimum atomic E-state index is -0.994. The number of hydrogen-bond acceptors (Lipinski definition) is 0. The summed E-state index contributed by atoms with van der Waals surface area (Å²) in [5, 5.41) is -7.60. The highest BCUT2D eigenvalue weighted by molar-refractivity contribution is 6.26. The summed E-state index contributed by atoms with van der Waals surface area (Å²) in [5.74, 6) is 0. The third-order valence-corrected chi connectivity index (χ3v) is 7.06. The van der Waals surface area contributed by atoms with Crippen LogP contribution in [-0.4, -0.2) is 0 Å². The Labute approximate surface area is 280 Å². The number of benzene rings is 9. The first-order valence-corrected chi connectivity index (χ1v) is 12.5. The van der Waals surface area contributed by atoms with Crippen molar-refractivity contribution < 1.29 is 35.6 Å². The summed E-state index contributed by atoms with van der Waals surface area (Å²) in [6, 6.07) is -23.6. The zero-order chi connectivity index (χ0) is 50.2. The fraction of sp³-hybridized carbons (Fsp3) is 0. The van der Waals surface area contributed by atoms with Gasteiger partial charge in [-0.15, -0.1) is 0 Å². The van der Waals surface area contributed by atoms with E-state index >= 15 is 0 Å². The summed E-state index contributed by atoms with van der Waals surface area (Å²) in [7, 11) is 0. The van der Waals surface area contributed by atoms with Crippen molar-refractivity contribution in [2.75, 3.05) is 0 Å². The maximum atomic E-state index is 9.80. The molecule has 9 aromatic rings. The largest absolute Gasteiger partial charge is 0.0636 e. The molecule has 0 bridgehead atoms. The van der Waals surface area contributed by atoms with Gasteiger partial charge in [-0.2, -0.15) is 0 Å². The maximum Gasteiger partial charge on any atom is 0.0636 e. The Morgan fingerprint density at radius 1 is 0.286 bits per heavy atom. The van der Waals surface area contributed by atoms with Crippen LogP contribution in [0.3, 0.4) is 0 Å². The van der Waals surface area contributed by atoms with Gasteiger partial charge in [-0.05, 0) is 99.0 Å². The zero-order valence-electron chi connectivity index (χ0n) is 47.0. The number of rotatable bonds is 2. The Morgan fingerprint density at radius 3 is 1.36 bits per heavy atom. The van der Waals surface area contributed by atoms with Crippen LogP contribution in [0.15, 0.2) is 157 Å². The third kappa shape index (κ3) is 3.36. The molecule has 0 aliphatic heterocycles. The first-order valence-electron chi connectivity index (χ1n) is 25.5. The molecule has 0 atom stereocenters. The van der Waals surface area contributed by atoms with Crippen molar-refractivity contribution in [2.45, 2.75) is 0 Å². The molecule has 9 aromatic carbocycles. The van der Waals surface area contributed by atoms with Crippen molar-refractivity contribution in [1.29, 1.82) is 0 Å². The molecule has 0 aromatic heterocycles. The summed E-state index contributed by atoms with van der Waals surface area (Å²) < 4.78 is 234. The molecule has 9 rings (SSSR count). The van der Waals surface area contributed by atoms with Crippen LogP contribution in [0.25, 0.3) is 86.9 Å². The van der Waals surface area contributed by atoms with Gasteiger partial charge in [-0.1, -0.05) is 145 Å². The molecule has 0 radical (unpaired) electrons. The molecular weight excluding hydrogens is 504 g/mol. The molecule has 0 aliphatic carbocycles. The van der Waals surface area contributed by atoms with Gasteiger partial charge in [0.05, 0.1) is 35.6 Å². The first kappa shape index (κ1) is 9.28. The van der Waals surface area contributed by atoms with E-state index in [1.807, 2.05) is 0 Å². The van der Waals surface area contributed by atoms with E-state index in [9.17, 15) is 12.3 Å². The van der Waals surface area contributed by atoms with Gasteiger partial charge >= 0.3 is 0 Å². The highest BCUT2D eigenvalue weighted by atomic mass is 14.2. The quantitative estimate of drug-likeness (QED) is 0.147. The molecular formula is C42H26. The smallest absolute Gasteiger partial charge is 0.0616 e. The van der Waals surface area contributed by atoms with E-state index in [0.29, 0.717) is 0 Å². The topological polar surface area (TPSA) is 0 Å². The van der Waals surface area contributed by atoms with Gasteiger partial charge in [0.2, 0.25) is 0 Å². The van der Waals surface area contributed by atoms with Gasteiger partial charge in [0.25, 0.3) is 0 Å². The summed E-state index contributed by atoms with van der Waals surface area (Å²) in [5.41, 5.74) is -2.94. The second-order valence-electron chi connectivity index (χ2n) is 9.25. The minimum absolute atomic E-state index is 0.535. The fourth-order valence-electron chi connectivity index (χ4n) is 5.31. The standard InChI is InChI=1S/C42H26/c1-3-13-31-27(11-1)21-22-28-23-24-30(26-39(28)31)41-35-17-7-9-19-37(35)42(38-20-10-8-18-36(38)41)40-25-29-12-2-4-14-32(29)33-15-5-6-16-34(33)40/h1-26H/i1D,2D,3D,4D,5D,6D,7D,8D,9D,10D,11D,12D,13D,14D,15D,16D,17D,18D,19D,20D,21D,22D,23D,24D,25D,26D. The molecule has 0 heteroatoms. The lowest BCUT2D eigenvalue weighted by atomic mass is 9.83. The normalized spacial score (nSPS) is 20.5. The molecule has 0 aliphatic rings. The van der Waals surface area contributed by atoms with E-state index in [2.05, 4.69) is 0 Å². The molecule has 0 fully saturated rings.